The van der Waals surface area contributed by atoms with Crippen LogP contribution in [0.4, 0.5) is 0 Å². The van der Waals surface area contributed by atoms with E-state index in [0.717, 1.165) is 6.42 Å². The summed E-state index contributed by atoms with van der Waals surface area (Å²) in [5, 5.41) is 1.22. The molecule has 0 amide bonds. The van der Waals surface area contributed by atoms with Crippen LogP contribution >= 0.6 is 44.8 Å². The predicted molar refractivity (Wildman–Crippen MR) is 59.9 cm³/mol. The summed E-state index contributed by atoms with van der Waals surface area (Å²) in [6.07, 6.45) is 0.869. The molecule has 1 atom stereocenters. The van der Waals surface area contributed by atoms with Crippen LogP contribution in [-0.4, -0.2) is 15.3 Å². The van der Waals surface area contributed by atoms with Gasteiger partial charge in [0.2, 0.25) is 0 Å². The fourth-order valence-corrected chi connectivity index (χ4v) is 3.40. The lowest BCUT2D eigenvalue weighted by Gasteiger charge is -2.11. The third-order valence-corrected chi connectivity index (χ3v) is 4.77. The average molecular weight is 233 g/mol. The van der Waals surface area contributed by atoms with E-state index in [-0.39, 0.29) is 4.84 Å². The van der Waals surface area contributed by atoms with Crippen LogP contribution in [0.1, 0.15) is 27.2 Å². The molecule has 0 aliphatic heterocycles. The molecule has 0 rings (SSSR count). The van der Waals surface area contributed by atoms with Crippen molar-refractivity contribution in [2.75, 3.05) is 0 Å². The van der Waals surface area contributed by atoms with Gasteiger partial charge in [-0.15, -0.1) is 23.2 Å². The summed E-state index contributed by atoms with van der Waals surface area (Å²) in [7, 11) is 3.74. The minimum absolute atomic E-state index is 0.217. The molecule has 0 N–H and O–H groups in total. The van der Waals surface area contributed by atoms with Gasteiger partial charge in [-0.05, 0) is 6.42 Å². The van der Waals surface area contributed by atoms with E-state index < -0.39 is 0 Å². The Morgan fingerprint density at radius 2 is 1.64 bits per heavy atom. The van der Waals surface area contributed by atoms with E-state index in [1.807, 2.05) is 21.6 Å². The molecule has 0 aromatic rings. The van der Waals surface area contributed by atoms with Gasteiger partial charge in [-0.25, -0.2) is 0 Å². The fraction of sp³-hybridized carbons (Fsp3) is 1.00. The first-order valence-corrected chi connectivity index (χ1v) is 6.77. The van der Waals surface area contributed by atoms with Crippen LogP contribution < -0.4 is 0 Å². The lowest BCUT2D eigenvalue weighted by molar-refractivity contribution is 0.884. The van der Waals surface area contributed by atoms with Gasteiger partial charge in [0.25, 0.3) is 0 Å². The smallest absolute Gasteiger partial charge is 0.105 e. The first kappa shape index (κ1) is 12.3. The number of rotatable bonds is 5. The second kappa shape index (κ2) is 6.76. The highest BCUT2D eigenvalue weighted by molar-refractivity contribution is 8.77. The number of halogens is 2. The van der Waals surface area contributed by atoms with E-state index >= 15 is 0 Å². The molecule has 0 fully saturated rings. The summed E-state index contributed by atoms with van der Waals surface area (Å²) in [4.78, 5) is -0.217. The standard InChI is InChI=1S/C7H14Cl2S2/c1-5(2)10-11-6(3)4-7(8)9/h5-7H,4H2,1-3H3. The van der Waals surface area contributed by atoms with Crippen LogP contribution in [0.15, 0.2) is 0 Å². The number of hydrogen-bond donors (Lipinski definition) is 0. The molecule has 0 nitrogen and oxygen atoms in total. The van der Waals surface area contributed by atoms with Gasteiger partial charge in [-0.3, -0.25) is 0 Å². The summed E-state index contributed by atoms with van der Waals surface area (Å²) >= 11 is 11.3. The summed E-state index contributed by atoms with van der Waals surface area (Å²) in [6, 6.07) is 0. The molecular weight excluding hydrogens is 219 g/mol. The molecule has 0 heterocycles. The third-order valence-electron chi connectivity index (χ3n) is 0.922. The van der Waals surface area contributed by atoms with Gasteiger partial charge in [0.05, 0.1) is 0 Å². The molecule has 0 bridgehead atoms. The van der Waals surface area contributed by atoms with Gasteiger partial charge in [0, 0.05) is 10.5 Å². The van der Waals surface area contributed by atoms with Gasteiger partial charge in [0.1, 0.15) is 4.84 Å². The highest BCUT2D eigenvalue weighted by Gasteiger charge is 2.09. The van der Waals surface area contributed by atoms with E-state index in [9.17, 15) is 0 Å². The van der Waals surface area contributed by atoms with E-state index in [1.165, 1.54) is 0 Å². The van der Waals surface area contributed by atoms with Crippen molar-refractivity contribution in [2.45, 2.75) is 42.5 Å². The maximum absolute atomic E-state index is 5.63. The maximum Gasteiger partial charge on any atom is 0.108 e. The molecule has 0 aromatic heterocycles. The molecule has 0 aliphatic carbocycles. The van der Waals surface area contributed by atoms with Crippen molar-refractivity contribution in [1.82, 2.24) is 0 Å². The quantitative estimate of drug-likeness (QED) is 0.511. The molecule has 68 valence electrons. The van der Waals surface area contributed by atoms with Gasteiger partial charge in [-0.1, -0.05) is 42.4 Å². The fourth-order valence-electron chi connectivity index (χ4n) is 0.496. The summed E-state index contributed by atoms with van der Waals surface area (Å²) in [6.45, 7) is 6.52. The molecule has 0 spiro atoms. The van der Waals surface area contributed by atoms with Crippen molar-refractivity contribution in [3.05, 3.63) is 0 Å². The minimum Gasteiger partial charge on any atom is -0.105 e. The van der Waals surface area contributed by atoms with Crippen molar-refractivity contribution in [2.24, 2.45) is 0 Å². The van der Waals surface area contributed by atoms with Crippen LogP contribution in [0.3, 0.4) is 0 Å². The second-order valence-electron chi connectivity index (χ2n) is 2.68. The SMILES string of the molecule is CC(C)SSC(C)CC(Cl)Cl. The Morgan fingerprint density at radius 3 is 2.00 bits per heavy atom. The third kappa shape index (κ3) is 9.19. The molecule has 11 heavy (non-hydrogen) atoms. The molecule has 1 unspecified atom stereocenters. The Balaban J connectivity index is 3.29. The van der Waals surface area contributed by atoms with Gasteiger partial charge < -0.3 is 0 Å². The predicted octanol–water partition coefficient (Wildman–Crippen LogP) is 4.36. The lowest BCUT2D eigenvalue weighted by atomic mass is 10.4. The molecular formula is C7H14Cl2S2. The molecule has 0 saturated heterocycles. The largest absolute Gasteiger partial charge is 0.108 e. The zero-order valence-electron chi connectivity index (χ0n) is 7.01. The molecule has 4 heteroatoms. The first-order chi connectivity index (χ1) is 5.02. The second-order valence-corrected chi connectivity index (χ2v) is 7.24. The highest BCUT2D eigenvalue weighted by Crippen LogP contribution is 2.33. The zero-order valence-corrected chi connectivity index (χ0v) is 10.2. The minimum atomic E-state index is -0.217. The Hall–Kier alpha value is 1.28. The molecule has 0 aromatic carbocycles. The van der Waals surface area contributed by atoms with E-state index in [0.29, 0.717) is 10.5 Å². The summed E-state index contributed by atoms with van der Waals surface area (Å²) in [5.74, 6) is 0. The highest BCUT2D eigenvalue weighted by atomic mass is 35.5. The topological polar surface area (TPSA) is 0 Å². The average Bonchev–Trinajstić information content (AvgIpc) is 1.82. The van der Waals surface area contributed by atoms with Crippen molar-refractivity contribution in [3.8, 4) is 0 Å². The molecule has 0 radical (unpaired) electrons. The van der Waals surface area contributed by atoms with E-state index in [1.54, 1.807) is 0 Å². The Kier molecular flexibility index (Phi) is 7.55. The molecule has 0 aliphatic rings. The van der Waals surface area contributed by atoms with Crippen LogP contribution in [0, 0.1) is 0 Å². The molecule has 0 saturated carbocycles. The Bertz CT molecular complexity index is 96.4. The summed E-state index contributed by atoms with van der Waals surface area (Å²) < 4.78 is 0. The monoisotopic (exact) mass is 232 g/mol. The van der Waals surface area contributed by atoms with Crippen LogP contribution in [0.25, 0.3) is 0 Å². The van der Waals surface area contributed by atoms with Crippen LogP contribution in [0.2, 0.25) is 0 Å². The van der Waals surface area contributed by atoms with E-state index in [4.69, 9.17) is 23.2 Å². The maximum atomic E-state index is 5.63. The van der Waals surface area contributed by atoms with Crippen molar-refractivity contribution in [1.29, 1.82) is 0 Å². The van der Waals surface area contributed by atoms with Gasteiger partial charge >= 0.3 is 0 Å². The van der Waals surface area contributed by atoms with Crippen LogP contribution in [0.5, 0.6) is 0 Å². The lowest BCUT2D eigenvalue weighted by Crippen LogP contribution is -2.00. The van der Waals surface area contributed by atoms with Gasteiger partial charge in [0.15, 0.2) is 0 Å². The number of hydrogen-bond acceptors (Lipinski definition) is 2. The van der Waals surface area contributed by atoms with Crippen molar-refractivity contribution < 1.29 is 0 Å². The van der Waals surface area contributed by atoms with Crippen LogP contribution in [-0.2, 0) is 0 Å². The van der Waals surface area contributed by atoms with Gasteiger partial charge in [-0.2, -0.15) is 0 Å². The van der Waals surface area contributed by atoms with Crippen molar-refractivity contribution in [3.63, 3.8) is 0 Å². The number of alkyl halides is 2. The van der Waals surface area contributed by atoms with Crippen molar-refractivity contribution >= 4 is 44.8 Å². The Morgan fingerprint density at radius 1 is 1.09 bits per heavy atom. The summed E-state index contributed by atoms with van der Waals surface area (Å²) in [5.41, 5.74) is 0. The normalized spacial score (nSPS) is 14.5. The Labute approximate surface area is 87.2 Å². The first-order valence-electron chi connectivity index (χ1n) is 3.62. The van der Waals surface area contributed by atoms with E-state index in [2.05, 4.69) is 20.8 Å². The zero-order chi connectivity index (χ0) is 8.85.